The second-order valence-corrected chi connectivity index (χ2v) is 9.92. The Morgan fingerprint density at radius 3 is 1.26 bits per heavy atom. The molecule has 0 nitrogen and oxygen atoms in total. The van der Waals surface area contributed by atoms with Crippen molar-refractivity contribution < 1.29 is 17.6 Å². The maximum atomic E-state index is 15.3. The second-order valence-electron chi connectivity index (χ2n) is 7.82. The molecule has 0 N–H and O–H groups in total. The van der Waals surface area contributed by atoms with Crippen LogP contribution in [0.25, 0.3) is 52.0 Å². The van der Waals surface area contributed by atoms with Gasteiger partial charge < -0.3 is 0 Å². The lowest BCUT2D eigenvalue weighted by atomic mass is 10.1. The van der Waals surface area contributed by atoms with Crippen LogP contribution in [0.15, 0.2) is 96.6 Å². The smallest absolute Gasteiger partial charge is 0.198 e. The molecule has 0 bridgehead atoms. The molecule has 0 spiro atoms. The van der Waals surface area contributed by atoms with Gasteiger partial charge in [-0.15, -0.1) is 22.7 Å². The van der Waals surface area contributed by atoms with Crippen LogP contribution in [0.5, 0.6) is 0 Å². The molecule has 0 unspecified atom stereocenters. The Morgan fingerprint density at radius 2 is 0.824 bits per heavy atom. The van der Waals surface area contributed by atoms with Gasteiger partial charge in [0, 0.05) is 51.5 Å². The highest BCUT2D eigenvalue weighted by molar-refractivity contribution is 7.26. The maximum Gasteiger partial charge on any atom is 0.198 e. The van der Waals surface area contributed by atoms with Crippen molar-refractivity contribution in [1.29, 1.82) is 0 Å². The molecule has 0 aliphatic carbocycles. The van der Waals surface area contributed by atoms with Crippen molar-refractivity contribution in [2.45, 2.75) is 0 Å². The van der Waals surface area contributed by atoms with E-state index in [4.69, 9.17) is 0 Å². The average Bonchev–Trinajstić information content (AvgIpc) is 3.45. The molecule has 6 rings (SSSR count). The molecule has 0 fully saturated rings. The summed E-state index contributed by atoms with van der Waals surface area (Å²) in [7, 11) is 0. The molecule has 0 aliphatic rings. The summed E-state index contributed by atoms with van der Waals surface area (Å²) in [6, 6.07) is 24.5. The normalized spacial score (nSPS) is 13.6. The lowest BCUT2D eigenvalue weighted by Gasteiger charge is -2.05. The van der Waals surface area contributed by atoms with Crippen LogP contribution in [-0.2, 0) is 0 Å². The van der Waals surface area contributed by atoms with Crippen molar-refractivity contribution in [3.63, 3.8) is 0 Å². The number of hydrogen-bond acceptors (Lipinski definition) is 2. The van der Waals surface area contributed by atoms with E-state index >= 15 is 17.6 Å². The Labute approximate surface area is 199 Å². The van der Waals surface area contributed by atoms with Crippen molar-refractivity contribution in [2.75, 3.05) is 0 Å². The third kappa shape index (κ3) is 3.17. The van der Waals surface area contributed by atoms with Gasteiger partial charge in [0.15, 0.2) is 23.3 Å². The molecule has 6 aromatic rings. The van der Waals surface area contributed by atoms with Crippen LogP contribution < -0.4 is 0 Å². The second kappa shape index (κ2) is 8.08. The molecule has 34 heavy (non-hydrogen) atoms. The highest BCUT2D eigenvalue weighted by Crippen LogP contribution is 2.43. The Morgan fingerprint density at radius 1 is 0.441 bits per heavy atom. The fourth-order valence-electron chi connectivity index (χ4n) is 4.27. The van der Waals surface area contributed by atoms with Crippen molar-refractivity contribution in [3.05, 3.63) is 108 Å². The lowest BCUT2D eigenvalue weighted by Crippen LogP contribution is -1.89. The van der Waals surface area contributed by atoms with Crippen LogP contribution in [0.4, 0.5) is 17.6 Å². The molecule has 0 amide bonds. The summed E-state index contributed by atoms with van der Waals surface area (Å²) in [5.74, 6) is -6.54. The van der Waals surface area contributed by atoms with Crippen molar-refractivity contribution >= 4 is 74.7 Å². The number of benzene rings is 4. The van der Waals surface area contributed by atoms with Crippen LogP contribution in [0.3, 0.4) is 0 Å². The topological polar surface area (TPSA) is 0 Å². The van der Waals surface area contributed by atoms with E-state index in [1.165, 1.54) is 34.8 Å². The minimum atomic E-state index is -1.85. The monoisotopic (exact) mass is 490 g/mol. The highest BCUT2D eigenvalue weighted by Gasteiger charge is 2.23. The van der Waals surface area contributed by atoms with Gasteiger partial charge >= 0.3 is 0 Å². The molecule has 0 radical (unpaired) electrons. The molecular formula is C28H14F4S2. The molecule has 2 heterocycles. The van der Waals surface area contributed by atoms with E-state index in [1.54, 1.807) is 24.3 Å². The van der Waals surface area contributed by atoms with Gasteiger partial charge in [-0.1, -0.05) is 72.8 Å². The number of thiophene rings is 2. The Hall–Kier alpha value is -3.48. The molecule has 6 heteroatoms. The summed E-state index contributed by atoms with van der Waals surface area (Å²) < 4.78 is 63.4. The molecule has 0 saturated carbocycles. The Balaban J connectivity index is 1.53. The van der Waals surface area contributed by atoms with E-state index in [9.17, 15) is 0 Å². The maximum absolute atomic E-state index is 15.3. The number of allylic oxidation sites excluding steroid dienone is 2. The largest absolute Gasteiger partial charge is 0.203 e. The quantitative estimate of drug-likeness (QED) is 0.171. The van der Waals surface area contributed by atoms with Gasteiger partial charge in [0.05, 0.1) is 0 Å². The summed E-state index contributed by atoms with van der Waals surface area (Å²) in [4.78, 5) is 0. The first kappa shape index (κ1) is 21.1. The zero-order valence-corrected chi connectivity index (χ0v) is 19.0. The van der Waals surface area contributed by atoms with Crippen LogP contribution in [-0.4, -0.2) is 0 Å². The first-order valence-corrected chi connectivity index (χ1v) is 12.1. The molecular weight excluding hydrogens is 476 g/mol. The Bertz CT molecular complexity index is 1670. The average molecular weight is 491 g/mol. The summed E-state index contributed by atoms with van der Waals surface area (Å²) in [5.41, 5.74) is -0.196. The van der Waals surface area contributed by atoms with E-state index in [2.05, 4.69) is 0 Å². The highest BCUT2D eigenvalue weighted by atomic mass is 32.1. The summed E-state index contributed by atoms with van der Waals surface area (Å²) in [6.45, 7) is 0. The van der Waals surface area contributed by atoms with Gasteiger partial charge in [0.2, 0.25) is 0 Å². The number of halogens is 4. The summed E-state index contributed by atoms with van der Waals surface area (Å²) in [6.07, 6.45) is 0. The SMILES string of the molecule is FC(/C(F)=C(\F)c1cccc2c1sc1ccccc12)=C(/F)c1cccc2c1sc1ccccc12. The van der Waals surface area contributed by atoms with Gasteiger partial charge in [-0.25, -0.2) is 17.6 Å². The van der Waals surface area contributed by atoms with Gasteiger partial charge in [0.25, 0.3) is 0 Å². The fraction of sp³-hybridized carbons (Fsp3) is 0. The van der Waals surface area contributed by atoms with E-state index in [-0.39, 0.29) is 11.1 Å². The zero-order valence-electron chi connectivity index (χ0n) is 17.4. The summed E-state index contributed by atoms with van der Waals surface area (Å²) >= 11 is 2.57. The third-order valence-corrected chi connectivity index (χ3v) is 8.30. The first-order chi connectivity index (χ1) is 16.5. The molecule has 4 aromatic carbocycles. The minimum Gasteiger partial charge on any atom is -0.203 e. The predicted molar refractivity (Wildman–Crippen MR) is 137 cm³/mol. The van der Waals surface area contributed by atoms with E-state index in [0.717, 1.165) is 30.9 Å². The molecule has 0 atom stereocenters. The van der Waals surface area contributed by atoms with Crippen LogP contribution >= 0.6 is 22.7 Å². The van der Waals surface area contributed by atoms with E-state index in [0.29, 0.717) is 9.40 Å². The van der Waals surface area contributed by atoms with Crippen molar-refractivity contribution in [2.24, 2.45) is 0 Å². The number of hydrogen-bond donors (Lipinski definition) is 0. The standard InChI is InChI=1S/C28H14F4S2/c29-23(19-11-5-9-17-15-7-1-3-13-21(15)33-27(17)19)25(31)26(32)24(30)20-12-6-10-18-16-8-2-4-14-22(16)34-28(18)20/h1-14H/b25-23+,26-24+. The van der Waals surface area contributed by atoms with Crippen molar-refractivity contribution in [1.82, 2.24) is 0 Å². The zero-order chi connectivity index (χ0) is 23.4. The predicted octanol–water partition coefficient (Wildman–Crippen LogP) is 10.3. The van der Waals surface area contributed by atoms with E-state index < -0.39 is 23.3 Å². The van der Waals surface area contributed by atoms with E-state index in [1.807, 2.05) is 48.5 Å². The van der Waals surface area contributed by atoms with Crippen LogP contribution in [0.2, 0.25) is 0 Å². The van der Waals surface area contributed by atoms with Gasteiger partial charge in [-0.05, 0) is 12.1 Å². The lowest BCUT2D eigenvalue weighted by molar-refractivity contribution is 0.520. The van der Waals surface area contributed by atoms with Gasteiger partial charge in [-0.2, -0.15) is 0 Å². The molecule has 0 saturated heterocycles. The third-order valence-electron chi connectivity index (χ3n) is 5.86. The fourth-order valence-corrected chi connectivity index (χ4v) is 6.69. The molecule has 166 valence electrons. The molecule has 2 aromatic heterocycles. The van der Waals surface area contributed by atoms with Gasteiger partial charge in [-0.3, -0.25) is 0 Å². The minimum absolute atomic E-state index is 0.0979. The molecule has 0 aliphatic heterocycles. The van der Waals surface area contributed by atoms with Gasteiger partial charge in [0.1, 0.15) is 0 Å². The van der Waals surface area contributed by atoms with Crippen LogP contribution in [0, 0.1) is 0 Å². The number of rotatable bonds is 3. The first-order valence-electron chi connectivity index (χ1n) is 10.5. The number of fused-ring (bicyclic) bond motifs is 6. The van der Waals surface area contributed by atoms with Crippen LogP contribution in [0.1, 0.15) is 11.1 Å². The van der Waals surface area contributed by atoms with Crippen molar-refractivity contribution in [3.8, 4) is 0 Å². The summed E-state index contributed by atoms with van der Waals surface area (Å²) in [5, 5.41) is 3.27. The Kier molecular flexibility index (Phi) is 5.01.